The van der Waals surface area contributed by atoms with Gasteiger partial charge in [0.15, 0.2) is 0 Å². The predicted molar refractivity (Wildman–Crippen MR) is 92.3 cm³/mol. The molecule has 0 amide bonds. The van der Waals surface area contributed by atoms with E-state index in [9.17, 15) is 23.1 Å². The van der Waals surface area contributed by atoms with E-state index in [1.165, 1.54) is 12.1 Å². The van der Waals surface area contributed by atoms with Gasteiger partial charge in [0.1, 0.15) is 0 Å². The molecule has 2 atom stereocenters. The fourth-order valence-corrected chi connectivity index (χ4v) is 3.34. The Balaban J connectivity index is 1.99. The van der Waals surface area contributed by atoms with Crippen LogP contribution in [0.3, 0.4) is 0 Å². The number of aliphatic carboxylic acids is 1. The fourth-order valence-electron chi connectivity index (χ4n) is 3.34. The van der Waals surface area contributed by atoms with Gasteiger partial charge in [-0.05, 0) is 30.5 Å². The van der Waals surface area contributed by atoms with Gasteiger partial charge in [-0.1, -0.05) is 26.0 Å². The zero-order valence-electron chi connectivity index (χ0n) is 15.0. The number of carboxylic acids is 1. The topological polar surface area (TPSA) is 73.4 Å². The second kappa shape index (κ2) is 8.37. The van der Waals surface area contributed by atoms with Crippen molar-refractivity contribution in [3.8, 4) is 0 Å². The van der Waals surface area contributed by atoms with Crippen LogP contribution in [-0.4, -0.2) is 30.7 Å². The number of benzene rings is 1. The van der Waals surface area contributed by atoms with Gasteiger partial charge in [0.2, 0.25) is 0 Å². The minimum Gasteiger partial charge on any atom is -0.481 e. The molecule has 0 bridgehead atoms. The van der Waals surface area contributed by atoms with Gasteiger partial charge in [-0.3, -0.25) is 10.2 Å². The molecule has 5 nitrogen and oxygen atoms in total. The molecule has 1 fully saturated rings. The molecule has 2 rings (SSSR count). The van der Waals surface area contributed by atoms with E-state index in [2.05, 4.69) is 16.2 Å². The van der Waals surface area contributed by atoms with Crippen LogP contribution in [0.4, 0.5) is 13.2 Å². The minimum atomic E-state index is -4.35. The molecule has 0 saturated carbocycles. The second-order valence-electron chi connectivity index (χ2n) is 6.81. The SMILES string of the molecule is CCC(CC)(CNCC1CNNC1c1ccc(C(F)(F)F)cc1)C(=O)O. The molecule has 8 heteroatoms. The molecule has 0 aromatic heterocycles. The molecule has 1 aromatic carbocycles. The van der Waals surface area contributed by atoms with Crippen molar-refractivity contribution in [3.05, 3.63) is 35.4 Å². The molecule has 0 spiro atoms. The summed E-state index contributed by atoms with van der Waals surface area (Å²) in [5, 5.41) is 12.7. The number of rotatable bonds is 8. The standard InChI is InChI=1S/C18H26F3N3O2/c1-3-17(4-2,16(25)26)11-22-9-13-10-23-24-15(13)12-5-7-14(8-6-12)18(19,20)21/h5-8,13,15,22-24H,3-4,9-11H2,1-2H3,(H,25,26). The van der Waals surface area contributed by atoms with Gasteiger partial charge < -0.3 is 10.4 Å². The van der Waals surface area contributed by atoms with Crippen molar-refractivity contribution in [2.45, 2.75) is 38.9 Å². The van der Waals surface area contributed by atoms with Crippen LogP contribution in [0.2, 0.25) is 0 Å². The van der Waals surface area contributed by atoms with Crippen molar-refractivity contribution >= 4 is 5.97 Å². The Labute approximate surface area is 151 Å². The maximum Gasteiger partial charge on any atom is 0.416 e. The molecule has 1 heterocycles. The van der Waals surface area contributed by atoms with Crippen molar-refractivity contribution in [2.24, 2.45) is 11.3 Å². The smallest absolute Gasteiger partial charge is 0.416 e. The first kappa shape index (κ1) is 20.7. The molecule has 2 unspecified atom stereocenters. The van der Waals surface area contributed by atoms with Crippen LogP contribution in [0, 0.1) is 11.3 Å². The van der Waals surface area contributed by atoms with Crippen LogP contribution < -0.4 is 16.2 Å². The van der Waals surface area contributed by atoms with E-state index in [4.69, 9.17) is 0 Å². The number of alkyl halides is 3. The lowest BCUT2D eigenvalue weighted by atomic mass is 9.82. The number of hydrogen-bond donors (Lipinski definition) is 4. The first-order valence-electron chi connectivity index (χ1n) is 8.83. The molecular weight excluding hydrogens is 347 g/mol. The number of carboxylic acid groups (broad SMARTS) is 1. The van der Waals surface area contributed by atoms with Gasteiger partial charge in [-0.2, -0.15) is 13.2 Å². The van der Waals surface area contributed by atoms with Crippen molar-refractivity contribution in [2.75, 3.05) is 19.6 Å². The molecule has 0 radical (unpaired) electrons. The molecule has 4 N–H and O–H groups in total. The number of halogens is 3. The van der Waals surface area contributed by atoms with Gasteiger partial charge in [-0.25, -0.2) is 5.43 Å². The van der Waals surface area contributed by atoms with Crippen LogP contribution in [0.5, 0.6) is 0 Å². The number of hydrogen-bond acceptors (Lipinski definition) is 4. The predicted octanol–water partition coefficient (Wildman–Crippen LogP) is 2.95. The molecule has 1 aromatic rings. The number of nitrogens with one attached hydrogen (secondary N) is 3. The highest BCUT2D eigenvalue weighted by atomic mass is 19.4. The molecule has 0 aliphatic carbocycles. The fraction of sp³-hybridized carbons (Fsp3) is 0.611. The van der Waals surface area contributed by atoms with Crippen LogP contribution in [-0.2, 0) is 11.0 Å². The third-order valence-corrected chi connectivity index (χ3v) is 5.37. The van der Waals surface area contributed by atoms with Crippen LogP contribution >= 0.6 is 0 Å². The highest BCUT2D eigenvalue weighted by Gasteiger charge is 2.36. The molecular formula is C18H26F3N3O2. The van der Waals surface area contributed by atoms with E-state index in [1.807, 2.05) is 13.8 Å². The zero-order valence-corrected chi connectivity index (χ0v) is 15.0. The number of carbonyl (C=O) groups is 1. The molecule has 26 heavy (non-hydrogen) atoms. The van der Waals surface area contributed by atoms with Crippen LogP contribution in [0.1, 0.15) is 43.9 Å². The van der Waals surface area contributed by atoms with Gasteiger partial charge in [0, 0.05) is 25.6 Å². The third-order valence-electron chi connectivity index (χ3n) is 5.37. The monoisotopic (exact) mass is 373 g/mol. The summed E-state index contributed by atoms with van der Waals surface area (Å²) in [6.07, 6.45) is -3.27. The lowest BCUT2D eigenvalue weighted by Crippen LogP contribution is -2.42. The largest absolute Gasteiger partial charge is 0.481 e. The lowest BCUT2D eigenvalue weighted by Gasteiger charge is -2.28. The summed E-state index contributed by atoms with van der Waals surface area (Å²) >= 11 is 0. The highest BCUT2D eigenvalue weighted by molar-refractivity contribution is 5.74. The Kier molecular flexibility index (Phi) is 6.65. The first-order chi connectivity index (χ1) is 12.2. The van der Waals surface area contributed by atoms with E-state index in [-0.39, 0.29) is 12.0 Å². The summed E-state index contributed by atoms with van der Waals surface area (Å²) in [6.45, 7) is 5.31. The minimum absolute atomic E-state index is 0.104. The summed E-state index contributed by atoms with van der Waals surface area (Å²) in [5.74, 6) is -0.705. The Bertz CT molecular complexity index is 601. The Morgan fingerprint density at radius 1 is 1.23 bits per heavy atom. The van der Waals surface area contributed by atoms with E-state index < -0.39 is 23.1 Å². The van der Waals surface area contributed by atoms with E-state index in [0.717, 1.165) is 17.7 Å². The van der Waals surface area contributed by atoms with E-state index in [1.54, 1.807) is 0 Å². The average Bonchev–Trinajstić information content (AvgIpc) is 3.06. The molecule has 1 aliphatic rings. The number of hydrazine groups is 1. The second-order valence-corrected chi connectivity index (χ2v) is 6.81. The quantitative estimate of drug-likeness (QED) is 0.564. The summed E-state index contributed by atoms with van der Waals surface area (Å²) < 4.78 is 38.1. The van der Waals surface area contributed by atoms with Crippen molar-refractivity contribution in [1.29, 1.82) is 0 Å². The highest BCUT2D eigenvalue weighted by Crippen LogP contribution is 2.32. The maximum atomic E-state index is 12.7. The van der Waals surface area contributed by atoms with Gasteiger partial charge in [0.25, 0.3) is 0 Å². The van der Waals surface area contributed by atoms with Crippen molar-refractivity contribution in [3.63, 3.8) is 0 Å². The van der Waals surface area contributed by atoms with E-state index >= 15 is 0 Å². The van der Waals surface area contributed by atoms with Crippen LogP contribution in [0.15, 0.2) is 24.3 Å². The summed E-state index contributed by atoms with van der Waals surface area (Å²) in [4.78, 5) is 11.6. The van der Waals surface area contributed by atoms with Gasteiger partial charge in [-0.15, -0.1) is 0 Å². The van der Waals surface area contributed by atoms with Gasteiger partial charge in [0.05, 0.1) is 17.0 Å². The van der Waals surface area contributed by atoms with Gasteiger partial charge >= 0.3 is 12.1 Å². The van der Waals surface area contributed by atoms with Crippen molar-refractivity contribution in [1.82, 2.24) is 16.2 Å². The van der Waals surface area contributed by atoms with Crippen LogP contribution in [0.25, 0.3) is 0 Å². The molecule has 146 valence electrons. The maximum absolute atomic E-state index is 12.7. The first-order valence-corrected chi connectivity index (χ1v) is 8.83. The molecule has 1 saturated heterocycles. The normalized spacial score (nSPS) is 21.1. The summed E-state index contributed by atoms with van der Waals surface area (Å²) in [7, 11) is 0. The Hall–Kier alpha value is -1.64. The summed E-state index contributed by atoms with van der Waals surface area (Å²) in [5.41, 5.74) is 5.44. The van der Waals surface area contributed by atoms with E-state index in [0.29, 0.717) is 32.5 Å². The Morgan fingerprint density at radius 2 is 1.85 bits per heavy atom. The van der Waals surface area contributed by atoms with Crippen molar-refractivity contribution < 1.29 is 23.1 Å². The summed E-state index contributed by atoms with van der Waals surface area (Å²) in [6, 6.07) is 5.01. The lowest BCUT2D eigenvalue weighted by molar-refractivity contribution is -0.149. The Morgan fingerprint density at radius 3 is 2.35 bits per heavy atom. The third kappa shape index (κ3) is 4.55. The molecule has 1 aliphatic heterocycles. The average molecular weight is 373 g/mol. The zero-order chi connectivity index (χ0) is 19.4.